The molecule has 2 aromatic carbocycles. The Hall–Kier alpha value is -1.98. The van der Waals surface area contributed by atoms with E-state index in [1.807, 2.05) is 54.6 Å². The molecule has 96 valence electrons. The molecule has 0 saturated carbocycles. The summed E-state index contributed by atoms with van der Waals surface area (Å²) in [5.74, 6) is 0.916. The number of hydrogen-bond donors (Lipinski definition) is 0. The molecule has 1 atom stereocenters. The summed E-state index contributed by atoms with van der Waals surface area (Å²) in [5.41, 5.74) is 0.883. The van der Waals surface area contributed by atoms with Gasteiger partial charge in [0.05, 0.1) is 13.2 Å². The molecular formula is C16H14ClNO. The van der Waals surface area contributed by atoms with Crippen molar-refractivity contribution >= 4 is 11.6 Å². The molecule has 0 fully saturated rings. The maximum Gasteiger partial charge on any atom is 0.121 e. The molecule has 0 aliphatic heterocycles. The Morgan fingerprint density at radius 1 is 1.11 bits per heavy atom. The average Bonchev–Trinajstić information content (AvgIpc) is 2.50. The van der Waals surface area contributed by atoms with Crippen molar-refractivity contribution in [2.45, 2.75) is 5.41 Å². The highest BCUT2D eigenvalue weighted by Crippen LogP contribution is 2.34. The Kier molecular flexibility index (Phi) is 4.09. The largest absolute Gasteiger partial charge is 0.497 e. The predicted molar refractivity (Wildman–Crippen MR) is 76.5 cm³/mol. The lowest BCUT2D eigenvalue weighted by molar-refractivity contribution is 0.413. The van der Waals surface area contributed by atoms with Crippen LogP contribution in [0.2, 0.25) is 0 Å². The van der Waals surface area contributed by atoms with Crippen molar-refractivity contribution in [3.63, 3.8) is 0 Å². The molecule has 0 aliphatic carbocycles. The van der Waals surface area contributed by atoms with Crippen LogP contribution < -0.4 is 4.74 Å². The monoisotopic (exact) mass is 271 g/mol. The second kappa shape index (κ2) is 5.77. The van der Waals surface area contributed by atoms with Crippen LogP contribution in [-0.4, -0.2) is 13.0 Å². The number of hydrogen-bond acceptors (Lipinski definition) is 2. The van der Waals surface area contributed by atoms with E-state index in [2.05, 4.69) is 6.07 Å². The van der Waals surface area contributed by atoms with Crippen molar-refractivity contribution in [2.75, 3.05) is 13.0 Å². The molecule has 0 aliphatic rings. The second-order valence-corrected chi connectivity index (χ2v) is 4.52. The van der Waals surface area contributed by atoms with Crippen molar-refractivity contribution in [3.05, 3.63) is 65.7 Å². The third-order valence-electron chi connectivity index (χ3n) is 3.22. The number of rotatable bonds is 4. The van der Waals surface area contributed by atoms with Gasteiger partial charge in [0, 0.05) is 5.88 Å². The van der Waals surface area contributed by atoms with Gasteiger partial charge in [-0.2, -0.15) is 5.26 Å². The molecule has 0 N–H and O–H groups in total. The summed E-state index contributed by atoms with van der Waals surface area (Å²) in [6.07, 6.45) is 0. The Morgan fingerprint density at radius 3 is 2.37 bits per heavy atom. The number of nitriles is 1. The Bertz CT molecular complexity index is 591. The molecule has 0 unspecified atom stereocenters. The third-order valence-corrected chi connectivity index (χ3v) is 3.62. The van der Waals surface area contributed by atoms with E-state index in [0.29, 0.717) is 0 Å². The van der Waals surface area contributed by atoms with Crippen LogP contribution in [0.15, 0.2) is 54.6 Å². The minimum absolute atomic E-state index is 0.195. The smallest absolute Gasteiger partial charge is 0.121 e. The van der Waals surface area contributed by atoms with Gasteiger partial charge in [0.15, 0.2) is 0 Å². The fraction of sp³-hybridized carbons (Fsp3) is 0.188. The molecule has 2 rings (SSSR count). The van der Waals surface area contributed by atoms with Gasteiger partial charge in [-0.05, 0) is 23.3 Å². The molecule has 0 aromatic heterocycles. The molecule has 0 spiro atoms. The van der Waals surface area contributed by atoms with Gasteiger partial charge in [0.2, 0.25) is 0 Å². The molecule has 2 aromatic rings. The lowest BCUT2D eigenvalue weighted by Crippen LogP contribution is -2.27. The highest BCUT2D eigenvalue weighted by atomic mass is 35.5. The SMILES string of the molecule is COc1cccc([C@@](C#N)(CCl)c2ccccc2)c1. The van der Waals surface area contributed by atoms with Crippen LogP contribution in [0.25, 0.3) is 0 Å². The van der Waals surface area contributed by atoms with E-state index in [9.17, 15) is 5.26 Å². The molecule has 0 radical (unpaired) electrons. The summed E-state index contributed by atoms with van der Waals surface area (Å²) in [6.45, 7) is 0. The van der Waals surface area contributed by atoms with E-state index in [-0.39, 0.29) is 5.88 Å². The molecule has 3 heteroatoms. The first-order valence-electron chi connectivity index (χ1n) is 5.94. The second-order valence-electron chi connectivity index (χ2n) is 4.25. The van der Waals surface area contributed by atoms with Crippen LogP contribution in [0, 0.1) is 11.3 Å². The number of nitrogens with zero attached hydrogens (tertiary/aromatic N) is 1. The van der Waals surface area contributed by atoms with E-state index in [4.69, 9.17) is 16.3 Å². The van der Waals surface area contributed by atoms with Crippen LogP contribution in [-0.2, 0) is 5.41 Å². The standard InChI is InChI=1S/C16H14ClNO/c1-19-15-9-5-8-14(10-15)16(11-17,12-18)13-6-3-2-4-7-13/h2-10H,11H2,1H3/t16-/m1/s1. The van der Waals surface area contributed by atoms with E-state index in [0.717, 1.165) is 16.9 Å². The Labute approximate surface area is 118 Å². The Balaban J connectivity index is 2.60. The van der Waals surface area contributed by atoms with Crippen LogP contribution in [0.4, 0.5) is 0 Å². The number of benzene rings is 2. The van der Waals surface area contributed by atoms with Crippen molar-refractivity contribution < 1.29 is 4.74 Å². The summed E-state index contributed by atoms with van der Waals surface area (Å²) in [4.78, 5) is 0. The normalized spacial score (nSPS) is 13.3. The maximum atomic E-state index is 9.67. The van der Waals surface area contributed by atoms with Crippen molar-refractivity contribution in [1.82, 2.24) is 0 Å². The summed E-state index contributed by atoms with van der Waals surface area (Å²) in [7, 11) is 1.61. The van der Waals surface area contributed by atoms with E-state index >= 15 is 0 Å². The fourth-order valence-corrected chi connectivity index (χ4v) is 2.46. The number of methoxy groups -OCH3 is 1. The molecule has 2 nitrogen and oxygen atoms in total. The van der Waals surface area contributed by atoms with Crippen molar-refractivity contribution in [2.24, 2.45) is 0 Å². The van der Waals surface area contributed by atoms with Gasteiger partial charge >= 0.3 is 0 Å². The van der Waals surface area contributed by atoms with Gasteiger partial charge in [0.25, 0.3) is 0 Å². The van der Waals surface area contributed by atoms with E-state index in [1.165, 1.54) is 0 Å². The summed E-state index contributed by atoms with van der Waals surface area (Å²) in [6, 6.07) is 19.4. The Morgan fingerprint density at radius 2 is 1.79 bits per heavy atom. The zero-order chi connectivity index (χ0) is 13.7. The van der Waals surface area contributed by atoms with Crippen LogP contribution in [0.5, 0.6) is 5.75 Å². The molecule has 0 saturated heterocycles. The van der Waals surface area contributed by atoms with E-state index in [1.54, 1.807) is 7.11 Å². The lowest BCUT2D eigenvalue weighted by Gasteiger charge is -2.25. The first-order valence-corrected chi connectivity index (χ1v) is 6.47. The quantitative estimate of drug-likeness (QED) is 0.794. The zero-order valence-electron chi connectivity index (χ0n) is 10.6. The molecule has 0 heterocycles. The summed E-state index contributed by atoms with van der Waals surface area (Å²) < 4.78 is 5.22. The fourth-order valence-electron chi connectivity index (χ4n) is 2.09. The highest BCUT2D eigenvalue weighted by Gasteiger charge is 2.33. The lowest BCUT2D eigenvalue weighted by atomic mass is 9.77. The van der Waals surface area contributed by atoms with Crippen LogP contribution in [0.1, 0.15) is 11.1 Å². The zero-order valence-corrected chi connectivity index (χ0v) is 11.4. The van der Waals surface area contributed by atoms with Gasteiger partial charge in [-0.3, -0.25) is 0 Å². The van der Waals surface area contributed by atoms with Gasteiger partial charge in [-0.15, -0.1) is 11.6 Å². The first kappa shape index (κ1) is 13.5. The first-order chi connectivity index (χ1) is 9.26. The molecule has 0 amide bonds. The molecule has 0 bridgehead atoms. The minimum Gasteiger partial charge on any atom is -0.497 e. The number of ether oxygens (including phenoxy) is 1. The van der Waals surface area contributed by atoms with Gasteiger partial charge in [-0.25, -0.2) is 0 Å². The van der Waals surface area contributed by atoms with Gasteiger partial charge in [0.1, 0.15) is 11.2 Å². The maximum absolute atomic E-state index is 9.67. The van der Waals surface area contributed by atoms with E-state index < -0.39 is 5.41 Å². The predicted octanol–water partition coefficient (Wildman–Crippen LogP) is 3.74. The number of alkyl halides is 1. The van der Waals surface area contributed by atoms with Crippen molar-refractivity contribution in [1.29, 1.82) is 5.26 Å². The topological polar surface area (TPSA) is 33.0 Å². The summed E-state index contributed by atoms with van der Waals surface area (Å²) in [5, 5.41) is 9.67. The average molecular weight is 272 g/mol. The van der Waals surface area contributed by atoms with Gasteiger partial charge in [-0.1, -0.05) is 42.5 Å². The van der Waals surface area contributed by atoms with Gasteiger partial charge < -0.3 is 4.74 Å². The molecular weight excluding hydrogens is 258 g/mol. The summed E-state index contributed by atoms with van der Waals surface area (Å²) >= 11 is 6.13. The highest BCUT2D eigenvalue weighted by molar-refractivity contribution is 6.19. The minimum atomic E-state index is -0.850. The number of halogens is 1. The van der Waals surface area contributed by atoms with Crippen molar-refractivity contribution in [3.8, 4) is 11.8 Å². The van der Waals surface area contributed by atoms with Crippen LogP contribution >= 0.6 is 11.6 Å². The third kappa shape index (κ3) is 2.43. The van der Waals surface area contributed by atoms with Crippen LogP contribution in [0.3, 0.4) is 0 Å². The molecule has 19 heavy (non-hydrogen) atoms.